The number of rotatable bonds is 7. The maximum absolute atomic E-state index is 12.8. The van der Waals surface area contributed by atoms with Crippen LogP contribution in [0.5, 0.6) is 5.75 Å². The molecule has 32 heavy (non-hydrogen) atoms. The summed E-state index contributed by atoms with van der Waals surface area (Å²) in [5, 5.41) is 2.80. The van der Waals surface area contributed by atoms with E-state index in [4.69, 9.17) is 16.3 Å². The molecule has 1 amide bonds. The first kappa shape index (κ1) is 23.5. The molecule has 0 atom stereocenters. The third-order valence-electron chi connectivity index (χ3n) is 4.49. The largest absolute Gasteiger partial charge is 0.495 e. The number of benzene rings is 2. The lowest BCUT2D eigenvalue weighted by molar-refractivity contribution is -0.116. The second-order valence-electron chi connectivity index (χ2n) is 6.92. The van der Waals surface area contributed by atoms with Crippen LogP contribution in [0.15, 0.2) is 58.2 Å². The third kappa shape index (κ3) is 5.34. The lowest BCUT2D eigenvalue weighted by Gasteiger charge is -2.17. The number of amides is 1. The Morgan fingerprint density at radius 1 is 1.22 bits per heavy atom. The first-order chi connectivity index (χ1) is 15.1. The van der Waals surface area contributed by atoms with Gasteiger partial charge >= 0.3 is 0 Å². The minimum Gasteiger partial charge on any atom is -0.495 e. The number of carbonyl (C=O) groups is 1. The minimum absolute atomic E-state index is 0.0601. The average molecular weight is 477 g/mol. The minimum atomic E-state index is -3.95. The topological polar surface area (TPSA) is 121 Å². The van der Waals surface area contributed by atoms with Crippen molar-refractivity contribution < 1.29 is 17.9 Å². The number of hydrogen-bond donors (Lipinski definition) is 2. The van der Waals surface area contributed by atoms with Crippen LogP contribution >= 0.6 is 11.6 Å². The van der Waals surface area contributed by atoms with Gasteiger partial charge in [-0.3, -0.25) is 9.59 Å². The van der Waals surface area contributed by atoms with E-state index >= 15 is 0 Å². The molecule has 0 saturated carbocycles. The van der Waals surface area contributed by atoms with E-state index in [-0.39, 0.29) is 15.5 Å². The van der Waals surface area contributed by atoms with Gasteiger partial charge in [-0.05, 0) is 37.3 Å². The van der Waals surface area contributed by atoms with Crippen LogP contribution in [0, 0.1) is 6.92 Å². The van der Waals surface area contributed by atoms with Crippen molar-refractivity contribution in [1.29, 1.82) is 0 Å². The van der Waals surface area contributed by atoms with Crippen LogP contribution in [0.25, 0.3) is 11.4 Å². The molecule has 9 nitrogen and oxygen atoms in total. The van der Waals surface area contributed by atoms with E-state index in [2.05, 4.69) is 15.3 Å². The van der Waals surface area contributed by atoms with E-state index < -0.39 is 22.5 Å². The number of nitrogens with zero attached hydrogens (tertiary/aromatic N) is 2. The molecule has 0 bridgehead atoms. The fraction of sp³-hybridized carbons (Fsp3) is 0.190. The Morgan fingerprint density at radius 3 is 2.62 bits per heavy atom. The van der Waals surface area contributed by atoms with Crippen molar-refractivity contribution in [3.05, 3.63) is 69.6 Å². The van der Waals surface area contributed by atoms with Crippen molar-refractivity contribution >= 4 is 33.2 Å². The number of likely N-dealkylation sites (N-methyl/N-ethyl adjacent to an activating group) is 1. The zero-order valence-electron chi connectivity index (χ0n) is 17.5. The van der Waals surface area contributed by atoms with Gasteiger partial charge in [-0.2, -0.15) is 4.31 Å². The third-order valence-corrected chi connectivity index (χ3v) is 6.58. The van der Waals surface area contributed by atoms with Crippen LogP contribution < -0.4 is 15.6 Å². The monoisotopic (exact) mass is 476 g/mol. The quantitative estimate of drug-likeness (QED) is 0.540. The van der Waals surface area contributed by atoms with E-state index in [1.807, 2.05) is 0 Å². The van der Waals surface area contributed by atoms with Crippen LogP contribution in [-0.2, 0) is 14.8 Å². The molecule has 1 heterocycles. The van der Waals surface area contributed by atoms with Crippen molar-refractivity contribution in [3.8, 4) is 17.1 Å². The lowest BCUT2D eigenvalue weighted by Crippen LogP contribution is -2.35. The maximum Gasteiger partial charge on any atom is 0.251 e. The molecular formula is C21H21ClN4O5S. The van der Waals surface area contributed by atoms with Crippen molar-refractivity contribution in [2.75, 3.05) is 26.0 Å². The highest BCUT2D eigenvalue weighted by Gasteiger charge is 2.24. The Labute approximate surface area is 190 Å². The van der Waals surface area contributed by atoms with Crippen molar-refractivity contribution in [3.63, 3.8) is 0 Å². The number of anilines is 1. The fourth-order valence-electron chi connectivity index (χ4n) is 2.94. The average Bonchev–Trinajstić information content (AvgIpc) is 2.73. The molecule has 0 fully saturated rings. The molecule has 3 rings (SSSR count). The summed E-state index contributed by atoms with van der Waals surface area (Å²) in [5.41, 5.74) is 1.29. The molecule has 1 aromatic heterocycles. The maximum atomic E-state index is 12.8. The van der Waals surface area contributed by atoms with Crippen LogP contribution in [-0.4, -0.2) is 49.3 Å². The van der Waals surface area contributed by atoms with Gasteiger partial charge in [0.1, 0.15) is 11.6 Å². The highest BCUT2D eigenvalue weighted by molar-refractivity contribution is 7.89. The number of nitrogens with one attached hydrogen (secondary N) is 2. The van der Waals surface area contributed by atoms with Gasteiger partial charge in [0.05, 0.1) is 23.6 Å². The summed E-state index contributed by atoms with van der Waals surface area (Å²) < 4.78 is 31.5. The number of methoxy groups -OCH3 is 1. The Morgan fingerprint density at radius 2 is 1.97 bits per heavy atom. The Bertz CT molecular complexity index is 1320. The number of aromatic nitrogens is 2. The predicted octanol–water partition coefficient (Wildman–Crippen LogP) is 2.67. The summed E-state index contributed by atoms with van der Waals surface area (Å²) >= 11 is 6.02. The number of hydrogen-bond acceptors (Lipinski definition) is 6. The van der Waals surface area contributed by atoms with E-state index in [0.29, 0.717) is 28.5 Å². The predicted molar refractivity (Wildman–Crippen MR) is 121 cm³/mol. The zero-order chi connectivity index (χ0) is 23.5. The fourth-order valence-corrected chi connectivity index (χ4v) is 4.41. The molecule has 0 aliphatic rings. The molecule has 2 aromatic carbocycles. The van der Waals surface area contributed by atoms with Crippen LogP contribution in [0.4, 0.5) is 5.69 Å². The SMILES string of the molecule is COc1ccc(S(=O)(=O)N(C)CC(=O)Nc2cccc(-c3nc(C)cc(=O)[nH]3)c2)cc1Cl. The molecule has 0 unspecified atom stereocenters. The van der Waals surface area contributed by atoms with E-state index in [0.717, 1.165) is 4.31 Å². The summed E-state index contributed by atoms with van der Waals surface area (Å²) in [4.78, 5) is 31.0. The molecule has 0 saturated heterocycles. The van der Waals surface area contributed by atoms with Gasteiger partial charge in [-0.1, -0.05) is 23.7 Å². The number of H-pyrrole nitrogens is 1. The van der Waals surface area contributed by atoms with Gasteiger partial charge in [-0.15, -0.1) is 0 Å². The summed E-state index contributed by atoms with van der Waals surface area (Å²) in [7, 11) is -1.23. The zero-order valence-corrected chi connectivity index (χ0v) is 19.1. The summed E-state index contributed by atoms with van der Waals surface area (Å²) in [6.45, 7) is 1.28. The summed E-state index contributed by atoms with van der Waals surface area (Å²) in [5.74, 6) is 0.163. The highest BCUT2D eigenvalue weighted by atomic mass is 35.5. The number of halogens is 1. The number of aryl methyl sites for hydroxylation is 1. The summed E-state index contributed by atoms with van der Waals surface area (Å²) in [6, 6.07) is 12.1. The number of aromatic amines is 1. The highest BCUT2D eigenvalue weighted by Crippen LogP contribution is 2.28. The first-order valence-electron chi connectivity index (χ1n) is 9.38. The molecule has 168 valence electrons. The van der Waals surface area contributed by atoms with Gasteiger partial charge in [0.2, 0.25) is 15.9 Å². The molecule has 0 aliphatic heterocycles. The van der Waals surface area contributed by atoms with Gasteiger partial charge in [0.15, 0.2) is 0 Å². The second-order valence-corrected chi connectivity index (χ2v) is 9.37. The molecule has 0 aliphatic carbocycles. The van der Waals surface area contributed by atoms with Crippen molar-refractivity contribution in [2.24, 2.45) is 0 Å². The van der Waals surface area contributed by atoms with Gasteiger partial charge in [0.25, 0.3) is 5.56 Å². The lowest BCUT2D eigenvalue weighted by atomic mass is 10.2. The molecule has 3 aromatic rings. The van der Waals surface area contributed by atoms with Crippen molar-refractivity contribution in [1.82, 2.24) is 14.3 Å². The smallest absolute Gasteiger partial charge is 0.251 e. The number of ether oxygens (including phenoxy) is 1. The Kier molecular flexibility index (Phi) is 6.97. The molecule has 0 spiro atoms. The normalized spacial score (nSPS) is 11.4. The molecular weight excluding hydrogens is 456 g/mol. The van der Waals surface area contributed by atoms with Crippen LogP contribution in [0.3, 0.4) is 0 Å². The van der Waals surface area contributed by atoms with Gasteiger partial charge in [0, 0.05) is 30.1 Å². The molecule has 0 radical (unpaired) electrons. The Balaban J connectivity index is 1.74. The Hall–Kier alpha value is -3.21. The van der Waals surface area contributed by atoms with Crippen molar-refractivity contribution in [2.45, 2.75) is 11.8 Å². The molecule has 2 N–H and O–H groups in total. The number of sulfonamides is 1. The van der Waals surface area contributed by atoms with E-state index in [1.165, 1.54) is 38.4 Å². The standard InChI is InChI=1S/C21H21ClN4O5S/c1-13-9-19(27)25-21(23-13)14-5-4-6-15(10-14)24-20(28)12-26(2)32(29,30)16-7-8-18(31-3)17(22)11-16/h4-11H,12H2,1-3H3,(H,24,28)(H,23,25,27). The number of carbonyl (C=O) groups excluding carboxylic acids is 1. The first-order valence-corrected chi connectivity index (χ1v) is 11.2. The van der Waals surface area contributed by atoms with Crippen LogP contribution in [0.2, 0.25) is 5.02 Å². The van der Waals surface area contributed by atoms with E-state index in [1.54, 1.807) is 31.2 Å². The van der Waals surface area contributed by atoms with E-state index in [9.17, 15) is 18.0 Å². The van der Waals surface area contributed by atoms with Gasteiger partial charge < -0.3 is 15.0 Å². The van der Waals surface area contributed by atoms with Gasteiger partial charge in [-0.25, -0.2) is 13.4 Å². The summed E-state index contributed by atoms with van der Waals surface area (Å²) in [6.07, 6.45) is 0. The second kappa shape index (κ2) is 9.51. The molecule has 11 heteroatoms. The van der Waals surface area contributed by atoms with Crippen LogP contribution in [0.1, 0.15) is 5.69 Å².